The van der Waals surface area contributed by atoms with Gasteiger partial charge >= 0.3 is 0 Å². The Balaban J connectivity index is 1.59. The topological polar surface area (TPSA) is 37.8 Å². The van der Waals surface area contributed by atoms with Crippen molar-refractivity contribution in [2.24, 2.45) is 0 Å². The van der Waals surface area contributed by atoms with Gasteiger partial charge in [0.05, 0.1) is 0 Å². The second-order valence-corrected chi connectivity index (χ2v) is 7.85. The number of anilines is 1. The average molecular weight is 381 g/mol. The second kappa shape index (κ2) is 7.88. The summed E-state index contributed by atoms with van der Waals surface area (Å²) in [5, 5.41) is 11.8. The lowest BCUT2D eigenvalue weighted by molar-refractivity contribution is 0.507. The van der Waals surface area contributed by atoms with Gasteiger partial charge in [-0.2, -0.15) is 0 Å². The summed E-state index contributed by atoms with van der Waals surface area (Å²) < 4.78 is 39.9. The van der Waals surface area contributed by atoms with E-state index < -0.39 is 11.6 Å². The quantitative estimate of drug-likeness (QED) is 0.579. The largest absolute Gasteiger partial charge is 0.356 e. The van der Waals surface area contributed by atoms with Crippen molar-refractivity contribution in [2.45, 2.75) is 23.1 Å². The zero-order valence-corrected chi connectivity index (χ0v) is 14.8. The molecule has 0 saturated heterocycles. The number of hydrogen-bond donors (Lipinski definition) is 1. The van der Waals surface area contributed by atoms with E-state index >= 15 is 0 Å². The van der Waals surface area contributed by atoms with Gasteiger partial charge in [0, 0.05) is 11.8 Å². The number of benzene rings is 2. The number of rotatable bonds is 6. The fraction of sp³-hybridized carbons (Fsp3) is 0.176. The molecule has 8 heteroatoms. The minimum absolute atomic E-state index is 0.0898. The van der Waals surface area contributed by atoms with Crippen molar-refractivity contribution in [3.05, 3.63) is 71.0 Å². The number of nitrogens with one attached hydrogen (secondary N) is 1. The van der Waals surface area contributed by atoms with E-state index in [1.165, 1.54) is 41.3 Å². The van der Waals surface area contributed by atoms with Crippen molar-refractivity contribution in [1.82, 2.24) is 10.2 Å². The Kier molecular flexibility index (Phi) is 5.60. The van der Waals surface area contributed by atoms with Crippen molar-refractivity contribution in [3.63, 3.8) is 0 Å². The van der Waals surface area contributed by atoms with Crippen LogP contribution in [0.1, 0.15) is 23.3 Å². The van der Waals surface area contributed by atoms with E-state index in [0.717, 1.165) is 16.0 Å². The van der Waals surface area contributed by atoms with E-state index in [4.69, 9.17) is 0 Å². The molecule has 130 valence electrons. The van der Waals surface area contributed by atoms with Crippen LogP contribution in [0.15, 0.2) is 46.8 Å². The summed E-state index contributed by atoms with van der Waals surface area (Å²) in [6.07, 6.45) is 0. The van der Waals surface area contributed by atoms with Crippen molar-refractivity contribution in [3.8, 4) is 0 Å². The lowest BCUT2D eigenvalue weighted by Gasteiger charge is -2.09. The van der Waals surface area contributed by atoms with Crippen LogP contribution in [-0.2, 0) is 6.54 Å². The van der Waals surface area contributed by atoms with Gasteiger partial charge in [-0.1, -0.05) is 41.3 Å². The van der Waals surface area contributed by atoms with E-state index in [9.17, 15) is 13.2 Å². The third kappa shape index (κ3) is 4.73. The summed E-state index contributed by atoms with van der Waals surface area (Å²) in [6, 6.07) is 10.1. The Bertz CT molecular complexity index is 853. The summed E-state index contributed by atoms with van der Waals surface area (Å²) in [7, 11) is 0. The van der Waals surface area contributed by atoms with Gasteiger partial charge in [-0.25, -0.2) is 13.2 Å². The number of thioether (sulfide) groups is 1. The average Bonchev–Trinajstić information content (AvgIpc) is 3.04. The fourth-order valence-corrected chi connectivity index (χ4v) is 4.10. The molecule has 1 N–H and O–H groups in total. The van der Waals surface area contributed by atoms with E-state index in [0.29, 0.717) is 17.2 Å². The SMILES string of the molecule is CC(Sc1nnc(NCc2ccc(F)cc2)s1)c1ccc(F)c(F)c1. The van der Waals surface area contributed by atoms with Gasteiger partial charge in [0.15, 0.2) is 16.0 Å². The third-order valence-corrected chi connectivity index (χ3v) is 5.58. The highest BCUT2D eigenvalue weighted by atomic mass is 32.2. The van der Waals surface area contributed by atoms with Crippen molar-refractivity contribution in [1.29, 1.82) is 0 Å². The lowest BCUT2D eigenvalue weighted by atomic mass is 10.1. The number of halogens is 3. The predicted octanol–water partition coefficient (Wildman–Crippen LogP) is 5.42. The number of aromatic nitrogens is 2. The first-order valence-electron chi connectivity index (χ1n) is 7.44. The Morgan fingerprint density at radius 1 is 1.04 bits per heavy atom. The molecule has 0 spiro atoms. The molecule has 0 radical (unpaired) electrons. The van der Waals surface area contributed by atoms with Gasteiger partial charge < -0.3 is 5.32 Å². The fourth-order valence-electron chi connectivity index (χ4n) is 2.09. The predicted molar refractivity (Wildman–Crippen MR) is 94.3 cm³/mol. The van der Waals surface area contributed by atoms with Gasteiger partial charge in [0.1, 0.15) is 5.82 Å². The summed E-state index contributed by atoms with van der Waals surface area (Å²) in [4.78, 5) is 0. The Morgan fingerprint density at radius 3 is 2.52 bits per heavy atom. The lowest BCUT2D eigenvalue weighted by Crippen LogP contribution is -1.98. The molecule has 1 heterocycles. The normalized spacial score (nSPS) is 12.2. The van der Waals surface area contributed by atoms with Crippen molar-refractivity contribution < 1.29 is 13.2 Å². The number of hydrogen-bond acceptors (Lipinski definition) is 5. The summed E-state index contributed by atoms with van der Waals surface area (Å²) >= 11 is 2.80. The molecular weight excluding hydrogens is 367 g/mol. The highest BCUT2D eigenvalue weighted by Gasteiger charge is 2.14. The number of nitrogens with zero attached hydrogens (tertiary/aromatic N) is 2. The molecule has 25 heavy (non-hydrogen) atoms. The summed E-state index contributed by atoms with van der Waals surface area (Å²) in [6.45, 7) is 2.41. The van der Waals surface area contributed by atoms with Crippen LogP contribution < -0.4 is 5.32 Å². The van der Waals surface area contributed by atoms with E-state index in [2.05, 4.69) is 15.5 Å². The Labute approximate surface area is 151 Å². The molecular formula is C17H14F3N3S2. The highest BCUT2D eigenvalue weighted by molar-refractivity contribution is 8.01. The van der Waals surface area contributed by atoms with Gasteiger partial charge in [-0.15, -0.1) is 10.2 Å². The monoisotopic (exact) mass is 381 g/mol. The maximum Gasteiger partial charge on any atom is 0.206 e. The zero-order chi connectivity index (χ0) is 17.8. The molecule has 0 aliphatic carbocycles. The van der Waals surface area contributed by atoms with Crippen molar-refractivity contribution in [2.75, 3.05) is 5.32 Å². The van der Waals surface area contributed by atoms with Crippen LogP contribution in [0.3, 0.4) is 0 Å². The first-order valence-corrected chi connectivity index (χ1v) is 9.14. The van der Waals surface area contributed by atoms with Gasteiger partial charge in [-0.05, 0) is 42.3 Å². The molecule has 0 fully saturated rings. The highest BCUT2D eigenvalue weighted by Crippen LogP contribution is 2.37. The standard InChI is InChI=1S/C17H14F3N3S2/c1-10(12-4-7-14(19)15(20)8-12)24-17-23-22-16(25-17)21-9-11-2-5-13(18)6-3-11/h2-8,10H,9H2,1H3,(H,21,22). The summed E-state index contributed by atoms with van der Waals surface area (Å²) in [5.74, 6) is -1.99. The van der Waals surface area contributed by atoms with Crippen LogP contribution in [0.5, 0.6) is 0 Å². The van der Waals surface area contributed by atoms with Crippen LogP contribution in [0.2, 0.25) is 0 Å². The van der Waals surface area contributed by atoms with Crippen LogP contribution in [0.25, 0.3) is 0 Å². The molecule has 3 nitrogen and oxygen atoms in total. The minimum Gasteiger partial charge on any atom is -0.356 e. The zero-order valence-electron chi connectivity index (χ0n) is 13.2. The van der Waals surface area contributed by atoms with Crippen molar-refractivity contribution >= 4 is 28.2 Å². The molecule has 0 saturated carbocycles. The first-order chi connectivity index (χ1) is 12.0. The molecule has 1 atom stereocenters. The van der Waals surface area contributed by atoms with Gasteiger partial charge in [0.2, 0.25) is 5.13 Å². The molecule has 3 aromatic rings. The smallest absolute Gasteiger partial charge is 0.206 e. The maximum absolute atomic E-state index is 13.3. The molecule has 1 aromatic heterocycles. The second-order valence-electron chi connectivity index (χ2n) is 5.29. The molecule has 0 amide bonds. The van der Waals surface area contributed by atoms with Crippen LogP contribution in [-0.4, -0.2) is 10.2 Å². The van der Waals surface area contributed by atoms with E-state index in [1.54, 1.807) is 18.2 Å². The summed E-state index contributed by atoms with van der Waals surface area (Å²) in [5.41, 5.74) is 1.61. The Morgan fingerprint density at radius 2 is 1.80 bits per heavy atom. The molecule has 1 unspecified atom stereocenters. The van der Waals surface area contributed by atoms with Crippen LogP contribution in [0.4, 0.5) is 18.3 Å². The van der Waals surface area contributed by atoms with Crippen LogP contribution in [0, 0.1) is 17.5 Å². The molecule has 0 aliphatic rings. The van der Waals surface area contributed by atoms with Gasteiger partial charge in [-0.3, -0.25) is 0 Å². The molecule has 2 aromatic carbocycles. The maximum atomic E-state index is 13.3. The Hall–Kier alpha value is -2.06. The van der Waals surface area contributed by atoms with E-state index in [1.807, 2.05) is 6.92 Å². The van der Waals surface area contributed by atoms with E-state index in [-0.39, 0.29) is 11.1 Å². The van der Waals surface area contributed by atoms with Gasteiger partial charge in [0.25, 0.3) is 0 Å². The molecule has 0 aliphatic heterocycles. The third-order valence-electron chi connectivity index (χ3n) is 3.45. The van der Waals surface area contributed by atoms with Crippen LogP contribution >= 0.6 is 23.1 Å². The molecule has 0 bridgehead atoms. The minimum atomic E-state index is -0.858. The first kappa shape index (κ1) is 17.8. The molecule has 3 rings (SSSR count).